The van der Waals surface area contributed by atoms with Crippen molar-refractivity contribution in [3.8, 4) is 6.01 Å². The van der Waals surface area contributed by atoms with Crippen molar-refractivity contribution in [3.63, 3.8) is 0 Å². The maximum Gasteiger partial charge on any atom is 0.338 e. The molecule has 4 aliphatic heterocycles. The van der Waals surface area contributed by atoms with Crippen molar-refractivity contribution in [1.29, 1.82) is 0 Å². The minimum absolute atomic E-state index is 0.123. The number of esters is 1. The maximum absolute atomic E-state index is 13.3. The minimum Gasteiger partial charge on any atom is -0.467 e. The van der Waals surface area contributed by atoms with Crippen LogP contribution in [0.2, 0.25) is 5.02 Å². The summed E-state index contributed by atoms with van der Waals surface area (Å²) in [5.41, 5.74) is 3.01. The second-order valence-electron chi connectivity index (χ2n) is 12.6. The highest BCUT2D eigenvalue weighted by atomic mass is 35.5. The molecule has 3 saturated heterocycles. The monoisotopic (exact) mass is 659 g/mol. The predicted octanol–water partition coefficient (Wildman–Crippen LogP) is 3.20. The average molecular weight is 660 g/mol. The molecule has 2 aromatic carbocycles. The van der Waals surface area contributed by atoms with Crippen LogP contribution in [0.4, 0.5) is 11.5 Å². The number of carbonyl (C=O) groups is 2. The molecule has 1 amide bonds. The number of hydrogen-bond donors (Lipinski definition) is 0. The number of likely N-dealkylation sites (tertiary alicyclic amines) is 1. The van der Waals surface area contributed by atoms with Gasteiger partial charge in [0.15, 0.2) is 12.2 Å². The van der Waals surface area contributed by atoms with E-state index in [0.717, 1.165) is 59.5 Å². The van der Waals surface area contributed by atoms with E-state index in [1.807, 2.05) is 12.1 Å². The van der Waals surface area contributed by atoms with Crippen LogP contribution in [0, 0.1) is 6.57 Å². The van der Waals surface area contributed by atoms with Crippen molar-refractivity contribution in [2.45, 2.75) is 50.1 Å². The number of carbonyl (C=O) groups excluding carboxylic acids is 2. The largest absolute Gasteiger partial charge is 0.467 e. The molecule has 0 spiro atoms. The first-order valence-corrected chi connectivity index (χ1v) is 16.5. The summed E-state index contributed by atoms with van der Waals surface area (Å²) >= 11 is 6.71. The molecule has 0 N–H and O–H groups in total. The number of amides is 1. The minimum atomic E-state index is -0.883. The lowest BCUT2D eigenvalue weighted by molar-refractivity contribution is -0.142. The van der Waals surface area contributed by atoms with Crippen LogP contribution < -0.4 is 14.5 Å². The SMILES string of the molecule is [C-]#[N+]C[C@H]1CN(c2nc(OC[C@@H]3CCCN3C)nc3c2CCN(c2cccc4cccc(Cl)c24)C3)CCN1C(=O)[C@@H]1O[C@@H]1C(=O)OC. The molecule has 0 saturated carbocycles. The molecular formula is C34H38ClN7O5. The Morgan fingerprint density at radius 1 is 1.06 bits per heavy atom. The van der Waals surface area contributed by atoms with Gasteiger partial charge in [0.05, 0.1) is 24.4 Å². The maximum atomic E-state index is 13.3. The lowest BCUT2D eigenvalue weighted by Crippen LogP contribution is -2.58. The summed E-state index contributed by atoms with van der Waals surface area (Å²) in [4.78, 5) is 47.3. The van der Waals surface area contributed by atoms with E-state index >= 15 is 0 Å². The molecular weight excluding hydrogens is 622 g/mol. The average Bonchev–Trinajstić information content (AvgIpc) is 3.79. The number of rotatable bonds is 8. The van der Waals surface area contributed by atoms with Gasteiger partial charge >= 0.3 is 12.0 Å². The van der Waals surface area contributed by atoms with Gasteiger partial charge in [-0.15, -0.1) is 0 Å². The molecule has 0 radical (unpaired) electrons. The van der Waals surface area contributed by atoms with Crippen LogP contribution in [0.3, 0.4) is 0 Å². The van der Waals surface area contributed by atoms with E-state index in [1.54, 1.807) is 4.90 Å². The van der Waals surface area contributed by atoms with E-state index in [2.05, 4.69) is 50.9 Å². The summed E-state index contributed by atoms with van der Waals surface area (Å²) in [6, 6.07) is 12.5. The van der Waals surface area contributed by atoms with Crippen LogP contribution in [0.15, 0.2) is 36.4 Å². The van der Waals surface area contributed by atoms with Gasteiger partial charge in [0, 0.05) is 48.9 Å². The van der Waals surface area contributed by atoms with Crippen molar-refractivity contribution in [1.82, 2.24) is 19.8 Å². The van der Waals surface area contributed by atoms with Crippen molar-refractivity contribution in [3.05, 3.63) is 64.1 Å². The number of nitrogens with zero attached hydrogens (tertiary/aromatic N) is 7. The first-order chi connectivity index (χ1) is 22.9. The lowest BCUT2D eigenvalue weighted by atomic mass is 10.0. The molecule has 0 aliphatic carbocycles. The van der Waals surface area contributed by atoms with Crippen molar-refractivity contribution in [2.75, 3.05) is 69.8 Å². The van der Waals surface area contributed by atoms with Gasteiger partial charge in [-0.3, -0.25) is 4.79 Å². The van der Waals surface area contributed by atoms with Crippen LogP contribution >= 0.6 is 11.6 Å². The van der Waals surface area contributed by atoms with Crippen molar-refractivity contribution < 1.29 is 23.8 Å². The molecule has 3 fully saturated rings. The zero-order valence-electron chi connectivity index (χ0n) is 26.6. The quantitative estimate of drug-likeness (QED) is 0.203. The fourth-order valence-corrected chi connectivity index (χ4v) is 7.46. The molecule has 12 nitrogen and oxygen atoms in total. The number of halogens is 1. The zero-order valence-corrected chi connectivity index (χ0v) is 27.4. The highest BCUT2D eigenvalue weighted by Gasteiger charge is 2.54. The van der Waals surface area contributed by atoms with Gasteiger partial charge in [0.2, 0.25) is 6.54 Å². The van der Waals surface area contributed by atoms with E-state index in [0.29, 0.717) is 56.3 Å². The smallest absolute Gasteiger partial charge is 0.338 e. The molecule has 0 bridgehead atoms. The Hall–Kier alpha value is -4.18. The van der Waals surface area contributed by atoms with Gasteiger partial charge < -0.3 is 38.7 Å². The van der Waals surface area contributed by atoms with Crippen molar-refractivity contribution >= 4 is 45.8 Å². The third-order valence-corrected chi connectivity index (χ3v) is 10.1. The molecule has 7 rings (SSSR count). The first kappa shape index (κ1) is 31.4. The highest BCUT2D eigenvalue weighted by molar-refractivity contribution is 6.36. The number of ether oxygens (including phenoxy) is 3. The number of aromatic nitrogens is 2. The molecule has 47 heavy (non-hydrogen) atoms. The third-order valence-electron chi connectivity index (χ3n) is 9.81. The second-order valence-corrected chi connectivity index (χ2v) is 13.0. The standard InChI is InChI=1S/C34H38ClN7O5/c1-36-17-23-18-41(15-16-42(23)32(43)29-30(47-29)33(44)45-3)31-24-12-14-40(27-11-5-8-21-7-4-10-25(35)28(21)27)19-26(24)37-34(38-31)46-20-22-9-6-13-39(22)2/h4-5,7-8,10-11,22-23,29-30H,6,9,12-20H2,2-3H3/t22-,23-,29+,30-/m0/s1. The Labute approximate surface area is 278 Å². The Bertz CT molecular complexity index is 1730. The number of piperazine rings is 1. The van der Waals surface area contributed by atoms with Gasteiger partial charge in [0.25, 0.3) is 5.91 Å². The predicted molar refractivity (Wildman–Crippen MR) is 177 cm³/mol. The number of benzene rings is 2. The van der Waals surface area contributed by atoms with Gasteiger partial charge in [-0.1, -0.05) is 35.9 Å². The van der Waals surface area contributed by atoms with E-state index in [-0.39, 0.29) is 12.5 Å². The van der Waals surface area contributed by atoms with Gasteiger partial charge in [-0.25, -0.2) is 11.4 Å². The first-order valence-electron chi connectivity index (χ1n) is 16.1. The van der Waals surface area contributed by atoms with E-state index in [1.165, 1.54) is 7.11 Å². The number of fused-ring (bicyclic) bond motifs is 2. The fraction of sp³-hybridized carbons (Fsp3) is 0.500. The molecule has 4 aliphatic rings. The third kappa shape index (κ3) is 6.15. The normalized spacial score (nSPS) is 24.2. The van der Waals surface area contributed by atoms with Gasteiger partial charge in [0.1, 0.15) is 18.5 Å². The lowest BCUT2D eigenvalue weighted by Gasteiger charge is -2.41. The van der Waals surface area contributed by atoms with Gasteiger partial charge in [-0.2, -0.15) is 9.97 Å². The Balaban J connectivity index is 1.18. The summed E-state index contributed by atoms with van der Waals surface area (Å²) in [6.07, 6.45) is 1.17. The highest BCUT2D eigenvalue weighted by Crippen LogP contribution is 2.37. The summed E-state index contributed by atoms with van der Waals surface area (Å²) < 4.78 is 16.4. The van der Waals surface area contributed by atoms with Crippen LogP contribution in [-0.2, 0) is 32.0 Å². The fourth-order valence-electron chi connectivity index (χ4n) is 7.18. The van der Waals surface area contributed by atoms with E-state index in [4.69, 9.17) is 42.4 Å². The van der Waals surface area contributed by atoms with E-state index in [9.17, 15) is 9.59 Å². The van der Waals surface area contributed by atoms with Crippen LogP contribution in [0.1, 0.15) is 24.1 Å². The molecule has 5 heterocycles. The number of anilines is 2. The molecule has 13 heteroatoms. The Morgan fingerprint density at radius 2 is 1.89 bits per heavy atom. The Kier molecular flexibility index (Phi) is 8.79. The summed E-state index contributed by atoms with van der Waals surface area (Å²) in [5, 5.41) is 2.82. The summed E-state index contributed by atoms with van der Waals surface area (Å²) in [6.45, 7) is 11.9. The number of likely N-dealkylation sites (N-methyl/N-ethyl adjacent to an activating group) is 1. The molecule has 4 atom stereocenters. The van der Waals surface area contributed by atoms with Crippen LogP contribution in [0.25, 0.3) is 15.6 Å². The summed E-state index contributed by atoms with van der Waals surface area (Å²) in [7, 11) is 3.39. The van der Waals surface area contributed by atoms with Crippen molar-refractivity contribution in [2.24, 2.45) is 0 Å². The van der Waals surface area contributed by atoms with E-state index < -0.39 is 24.2 Å². The van der Waals surface area contributed by atoms with Crippen LogP contribution in [0.5, 0.6) is 6.01 Å². The topological polar surface area (TPSA) is 108 Å². The zero-order chi connectivity index (χ0) is 32.7. The number of methoxy groups -OCH3 is 1. The van der Waals surface area contributed by atoms with Gasteiger partial charge in [-0.05, 0) is 50.4 Å². The molecule has 246 valence electrons. The van der Waals surface area contributed by atoms with Crippen LogP contribution in [-0.4, -0.2) is 116 Å². The summed E-state index contributed by atoms with van der Waals surface area (Å²) in [5.74, 6) is -0.0578. The molecule has 1 aromatic heterocycles. The second kappa shape index (κ2) is 13.1. The number of hydrogen-bond acceptors (Lipinski definition) is 10. The molecule has 0 unspecified atom stereocenters. The molecule has 3 aromatic rings. The Morgan fingerprint density at radius 3 is 2.66 bits per heavy atom. The number of epoxide rings is 1.